The van der Waals surface area contributed by atoms with Crippen molar-refractivity contribution < 1.29 is 18.1 Å². The third-order valence-electron chi connectivity index (χ3n) is 1.34. The molecule has 0 aromatic carbocycles. The molecule has 1 rings (SSSR count). The first-order valence-electron chi connectivity index (χ1n) is 3.22. The van der Waals surface area contributed by atoms with E-state index in [4.69, 9.17) is 0 Å². The molecule has 0 saturated heterocycles. The number of pyridine rings is 1. The molecule has 0 unspecified atom stereocenters. The zero-order valence-corrected chi connectivity index (χ0v) is 8.53. The molecule has 0 N–H and O–H groups in total. The van der Waals surface area contributed by atoms with Crippen molar-refractivity contribution in [3.63, 3.8) is 0 Å². The predicted octanol–water partition coefficient (Wildman–Crippen LogP) is 2.67. The van der Waals surface area contributed by atoms with Gasteiger partial charge in [-0.3, -0.25) is 10.1 Å². The van der Waals surface area contributed by atoms with Gasteiger partial charge in [-0.25, -0.2) is 18.2 Å². The van der Waals surface area contributed by atoms with Gasteiger partial charge in [0.2, 0.25) is 0 Å². The van der Waals surface area contributed by atoms with Gasteiger partial charge in [-0.05, 0) is 22.6 Å². The van der Waals surface area contributed by atoms with Crippen molar-refractivity contribution in [1.82, 2.24) is 4.98 Å². The van der Waals surface area contributed by atoms with Crippen molar-refractivity contribution >= 4 is 28.3 Å². The van der Waals surface area contributed by atoms with E-state index in [9.17, 15) is 23.3 Å². The number of nitrogens with zero attached hydrogens (tertiary/aromatic N) is 2. The van der Waals surface area contributed by atoms with E-state index < -0.39 is 28.5 Å². The monoisotopic (exact) mass is 318 g/mol. The van der Waals surface area contributed by atoms with Crippen molar-refractivity contribution in [2.75, 3.05) is 0 Å². The normalized spacial score (nSPS) is 10.6. The summed E-state index contributed by atoms with van der Waals surface area (Å²) in [6.45, 7) is 0. The van der Waals surface area contributed by atoms with Crippen molar-refractivity contribution in [1.29, 1.82) is 0 Å². The lowest BCUT2D eigenvalue weighted by molar-refractivity contribution is -0.386. The first kappa shape index (κ1) is 11.1. The van der Waals surface area contributed by atoms with Crippen LogP contribution in [0, 0.1) is 19.6 Å². The molecule has 1 heterocycles. The van der Waals surface area contributed by atoms with E-state index >= 15 is 0 Å². The zero-order chi connectivity index (χ0) is 10.9. The predicted molar refractivity (Wildman–Crippen MR) is 48.5 cm³/mol. The van der Waals surface area contributed by atoms with E-state index in [0.717, 1.165) is 0 Å². The maximum Gasteiger partial charge on any atom is 0.299 e. The summed E-state index contributed by atoms with van der Waals surface area (Å²) in [6.07, 6.45) is -3.09. The van der Waals surface area contributed by atoms with Gasteiger partial charge in [0.1, 0.15) is 3.70 Å². The summed E-state index contributed by atoms with van der Waals surface area (Å²) in [5.74, 6) is -0.985. The van der Waals surface area contributed by atoms with E-state index in [1.54, 1.807) is 0 Å². The van der Waals surface area contributed by atoms with Crippen molar-refractivity contribution in [2.24, 2.45) is 0 Å². The van der Waals surface area contributed by atoms with Gasteiger partial charge in [0, 0.05) is 0 Å². The van der Waals surface area contributed by atoms with Gasteiger partial charge in [-0.15, -0.1) is 0 Å². The van der Waals surface area contributed by atoms with E-state index in [1.807, 2.05) is 0 Å². The quantitative estimate of drug-likeness (QED) is 0.365. The van der Waals surface area contributed by atoms with Crippen LogP contribution in [0.5, 0.6) is 0 Å². The van der Waals surface area contributed by atoms with Crippen LogP contribution >= 0.6 is 22.6 Å². The summed E-state index contributed by atoms with van der Waals surface area (Å²) in [7, 11) is 0. The number of rotatable bonds is 2. The number of hydrogen-bond acceptors (Lipinski definition) is 3. The van der Waals surface area contributed by atoms with Gasteiger partial charge in [-0.2, -0.15) is 0 Å². The highest BCUT2D eigenvalue weighted by molar-refractivity contribution is 14.1. The van der Waals surface area contributed by atoms with E-state index in [-0.39, 0.29) is 3.70 Å². The summed E-state index contributed by atoms with van der Waals surface area (Å²) >= 11 is 1.38. The molecule has 0 aliphatic carbocycles. The van der Waals surface area contributed by atoms with Crippen molar-refractivity contribution in [3.8, 4) is 0 Å². The third kappa shape index (κ3) is 2.11. The molecule has 1 aromatic rings. The minimum Gasteiger partial charge on any atom is -0.258 e. The Kier molecular flexibility index (Phi) is 3.24. The Balaban J connectivity index is 3.39. The molecule has 0 spiro atoms. The molecule has 0 aliphatic rings. The minimum atomic E-state index is -3.09. The third-order valence-corrected chi connectivity index (χ3v) is 2.10. The molecular weight excluding hydrogens is 316 g/mol. The van der Waals surface area contributed by atoms with Gasteiger partial charge in [-0.1, -0.05) is 0 Å². The van der Waals surface area contributed by atoms with Gasteiger partial charge in [0.15, 0.2) is 11.5 Å². The molecular formula is C6H2F3IN2O2. The second-order valence-electron chi connectivity index (χ2n) is 2.22. The Labute approximate surface area is 89.4 Å². The average molecular weight is 318 g/mol. The van der Waals surface area contributed by atoms with Crippen LogP contribution in [-0.4, -0.2) is 9.91 Å². The van der Waals surface area contributed by atoms with E-state index in [0.29, 0.717) is 6.07 Å². The number of aromatic nitrogens is 1. The van der Waals surface area contributed by atoms with Crippen LogP contribution in [0.4, 0.5) is 18.9 Å². The first-order valence-corrected chi connectivity index (χ1v) is 4.30. The van der Waals surface area contributed by atoms with Crippen LogP contribution in [-0.2, 0) is 0 Å². The van der Waals surface area contributed by atoms with Gasteiger partial charge in [0.25, 0.3) is 12.1 Å². The average Bonchev–Trinajstić information content (AvgIpc) is 2.08. The van der Waals surface area contributed by atoms with Crippen LogP contribution in [0.2, 0.25) is 0 Å². The fourth-order valence-electron chi connectivity index (χ4n) is 0.777. The number of halogens is 4. The highest BCUT2D eigenvalue weighted by Crippen LogP contribution is 2.28. The molecule has 0 aliphatic heterocycles. The SMILES string of the molecule is O=[N+]([O-])c1cc(F)c(I)nc1C(F)F. The fraction of sp³-hybridized carbons (Fsp3) is 0.167. The summed E-state index contributed by atoms with van der Waals surface area (Å²) < 4.78 is 36.9. The number of alkyl halides is 2. The van der Waals surface area contributed by atoms with Crippen molar-refractivity contribution in [3.05, 3.63) is 31.4 Å². The smallest absolute Gasteiger partial charge is 0.258 e. The van der Waals surface area contributed by atoms with Gasteiger partial charge < -0.3 is 0 Å². The Hall–Kier alpha value is -0.930. The van der Waals surface area contributed by atoms with Crippen LogP contribution in [0.1, 0.15) is 12.1 Å². The number of nitro groups is 1. The molecule has 0 amide bonds. The summed E-state index contributed by atoms with van der Waals surface area (Å²) in [5.41, 5.74) is -2.02. The Bertz CT molecular complexity index is 386. The molecule has 0 saturated carbocycles. The van der Waals surface area contributed by atoms with Gasteiger partial charge >= 0.3 is 0 Å². The van der Waals surface area contributed by atoms with Crippen LogP contribution in [0.3, 0.4) is 0 Å². The Morgan fingerprint density at radius 1 is 1.57 bits per heavy atom. The van der Waals surface area contributed by atoms with Crippen LogP contribution < -0.4 is 0 Å². The highest BCUT2D eigenvalue weighted by Gasteiger charge is 2.25. The summed E-state index contributed by atoms with van der Waals surface area (Å²) in [4.78, 5) is 12.3. The standard InChI is InChI=1S/C6H2F3IN2O2/c7-2-1-3(12(13)14)4(5(8)9)11-6(2)10/h1,5H. The lowest BCUT2D eigenvalue weighted by Gasteiger charge is -2.01. The second-order valence-corrected chi connectivity index (χ2v) is 3.24. The van der Waals surface area contributed by atoms with Gasteiger partial charge in [0.05, 0.1) is 11.0 Å². The van der Waals surface area contributed by atoms with E-state index in [1.165, 1.54) is 22.6 Å². The molecule has 4 nitrogen and oxygen atoms in total. The molecule has 0 radical (unpaired) electrons. The number of hydrogen-bond donors (Lipinski definition) is 0. The lowest BCUT2D eigenvalue weighted by Crippen LogP contribution is -2.02. The topological polar surface area (TPSA) is 56.0 Å². The maximum absolute atomic E-state index is 12.8. The molecule has 8 heteroatoms. The molecule has 1 aromatic heterocycles. The first-order chi connectivity index (χ1) is 6.43. The summed E-state index contributed by atoms with van der Waals surface area (Å²) in [5, 5.41) is 10.3. The lowest BCUT2D eigenvalue weighted by atomic mass is 10.3. The fourth-order valence-corrected chi connectivity index (χ4v) is 1.19. The largest absolute Gasteiger partial charge is 0.299 e. The van der Waals surface area contributed by atoms with E-state index in [2.05, 4.69) is 4.98 Å². The Morgan fingerprint density at radius 2 is 2.14 bits per heavy atom. The molecule has 0 bridgehead atoms. The molecule has 0 atom stereocenters. The van der Waals surface area contributed by atoms with Crippen LogP contribution in [0.15, 0.2) is 6.07 Å². The zero-order valence-electron chi connectivity index (χ0n) is 6.38. The second kappa shape index (κ2) is 4.07. The van der Waals surface area contributed by atoms with Crippen molar-refractivity contribution in [2.45, 2.75) is 6.43 Å². The van der Waals surface area contributed by atoms with Crippen LogP contribution in [0.25, 0.3) is 0 Å². The summed E-state index contributed by atoms with van der Waals surface area (Å²) in [6, 6.07) is 0.441. The Morgan fingerprint density at radius 3 is 2.57 bits per heavy atom. The maximum atomic E-state index is 12.8. The minimum absolute atomic E-state index is 0.316. The highest BCUT2D eigenvalue weighted by atomic mass is 127. The molecule has 76 valence electrons. The molecule has 14 heavy (non-hydrogen) atoms. The molecule has 0 fully saturated rings.